The lowest BCUT2D eigenvalue weighted by Crippen LogP contribution is -2.49. The van der Waals surface area contributed by atoms with Gasteiger partial charge in [-0.05, 0) is 37.1 Å². The minimum absolute atomic E-state index is 0.0118. The van der Waals surface area contributed by atoms with Crippen LogP contribution in [0.4, 0.5) is 0 Å². The van der Waals surface area contributed by atoms with Gasteiger partial charge in [0.05, 0.1) is 4.90 Å². The third kappa shape index (κ3) is 3.88. The first-order valence-electron chi connectivity index (χ1n) is 9.11. The number of piperazine rings is 1. The standard InChI is InChI=1S/C18H27N3O3S/c1-3-21(4-2)25(23,24)17-9-5-15(6-10-17)18(22)20-13-11-19(12-14-20)16-7-8-16/h5-6,9-10,16H,3-4,7-8,11-14H2,1-2H3. The molecule has 0 unspecified atom stereocenters. The number of sulfonamides is 1. The Morgan fingerprint density at radius 1 is 1.04 bits per heavy atom. The Hall–Kier alpha value is -1.44. The molecule has 0 radical (unpaired) electrons. The lowest BCUT2D eigenvalue weighted by molar-refractivity contribution is 0.0627. The van der Waals surface area contributed by atoms with Crippen LogP contribution in [0.15, 0.2) is 29.2 Å². The van der Waals surface area contributed by atoms with E-state index in [-0.39, 0.29) is 10.8 Å². The molecule has 0 spiro atoms. The summed E-state index contributed by atoms with van der Waals surface area (Å²) < 4.78 is 26.4. The number of carbonyl (C=O) groups excluding carboxylic acids is 1. The summed E-state index contributed by atoms with van der Waals surface area (Å²) in [6.07, 6.45) is 2.58. The molecule has 1 aromatic carbocycles. The van der Waals surface area contributed by atoms with Crippen molar-refractivity contribution in [2.75, 3.05) is 39.3 Å². The monoisotopic (exact) mass is 365 g/mol. The fourth-order valence-corrected chi connectivity index (χ4v) is 4.85. The van der Waals surface area contributed by atoms with Crippen molar-refractivity contribution in [3.05, 3.63) is 29.8 Å². The van der Waals surface area contributed by atoms with Crippen LogP contribution in [0.5, 0.6) is 0 Å². The number of nitrogens with zero attached hydrogens (tertiary/aromatic N) is 3. The molecule has 1 heterocycles. The van der Waals surface area contributed by atoms with Gasteiger partial charge in [0.2, 0.25) is 10.0 Å². The zero-order chi connectivity index (χ0) is 18.0. The molecule has 7 heteroatoms. The average Bonchev–Trinajstić information content (AvgIpc) is 3.47. The average molecular weight is 365 g/mol. The fourth-order valence-electron chi connectivity index (χ4n) is 3.39. The number of hydrogen-bond donors (Lipinski definition) is 0. The molecular formula is C18H27N3O3S. The lowest BCUT2D eigenvalue weighted by Gasteiger charge is -2.34. The van der Waals surface area contributed by atoms with E-state index in [4.69, 9.17) is 0 Å². The van der Waals surface area contributed by atoms with Crippen LogP contribution in [-0.2, 0) is 10.0 Å². The van der Waals surface area contributed by atoms with Crippen LogP contribution in [0, 0.1) is 0 Å². The van der Waals surface area contributed by atoms with Gasteiger partial charge in [-0.15, -0.1) is 0 Å². The Bertz CT molecular complexity index is 702. The molecular weight excluding hydrogens is 338 g/mol. The molecule has 138 valence electrons. The number of carbonyl (C=O) groups is 1. The molecule has 1 aromatic rings. The highest BCUT2D eigenvalue weighted by Gasteiger charge is 2.32. The van der Waals surface area contributed by atoms with E-state index < -0.39 is 10.0 Å². The first-order valence-corrected chi connectivity index (χ1v) is 10.5. The van der Waals surface area contributed by atoms with Gasteiger partial charge < -0.3 is 4.90 Å². The summed E-state index contributed by atoms with van der Waals surface area (Å²) in [7, 11) is -3.48. The summed E-state index contributed by atoms with van der Waals surface area (Å²) in [5, 5.41) is 0. The second-order valence-corrected chi connectivity index (χ2v) is 8.61. The predicted molar refractivity (Wildman–Crippen MR) is 97.0 cm³/mol. The van der Waals surface area contributed by atoms with Crippen LogP contribution < -0.4 is 0 Å². The van der Waals surface area contributed by atoms with Crippen molar-refractivity contribution in [2.45, 2.75) is 37.6 Å². The number of amides is 1. The van der Waals surface area contributed by atoms with Crippen LogP contribution in [0.25, 0.3) is 0 Å². The SMILES string of the molecule is CCN(CC)S(=O)(=O)c1ccc(C(=O)N2CCN(C3CC3)CC2)cc1. The topological polar surface area (TPSA) is 60.9 Å². The predicted octanol–water partition coefficient (Wildman–Crippen LogP) is 1.64. The molecule has 2 fully saturated rings. The van der Waals surface area contributed by atoms with Crippen molar-refractivity contribution in [3.8, 4) is 0 Å². The highest BCUT2D eigenvalue weighted by Crippen LogP contribution is 2.27. The largest absolute Gasteiger partial charge is 0.336 e. The first kappa shape index (κ1) is 18.4. The second kappa shape index (κ2) is 7.43. The highest BCUT2D eigenvalue weighted by atomic mass is 32.2. The van der Waals surface area contributed by atoms with Gasteiger partial charge in [0.25, 0.3) is 5.91 Å². The van der Waals surface area contributed by atoms with Crippen molar-refractivity contribution < 1.29 is 13.2 Å². The van der Waals surface area contributed by atoms with E-state index in [0.29, 0.717) is 18.7 Å². The van der Waals surface area contributed by atoms with E-state index in [2.05, 4.69) is 4.90 Å². The molecule has 2 aliphatic rings. The van der Waals surface area contributed by atoms with Crippen LogP contribution in [-0.4, -0.2) is 73.7 Å². The fraction of sp³-hybridized carbons (Fsp3) is 0.611. The van der Waals surface area contributed by atoms with Crippen molar-refractivity contribution in [1.29, 1.82) is 0 Å². The Labute approximate surface area is 150 Å². The maximum atomic E-state index is 12.6. The highest BCUT2D eigenvalue weighted by molar-refractivity contribution is 7.89. The van der Waals surface area contributed by atoms with E-state index in [1.807, 2.05) is 18.7 Å². The molecule has 0 aromatic heterocycles. The molecule has 1 saturated carbocycles. The molecule has 1 amide bonds. The number of rotatable bonds is 6. The summed E-state index contributed by atoms with van der Waals surface area (Å²) in [5.74, 6) is -0.0118. The van der Waals surface area contributed by atoms with Gasteiger partial charge in [0.1, 0.15) is 0 Å². The van der Waals surface area contributed by atoms with Crippen LogP contribution in [0.3, 0.4) is 0 Å². The number of benzene rings is 1. The summed E-state index contributed by atoms with van der Waals surface area (Å²) in [4.78, 5) is 17.2. The zero-order valence-electron chi connectivity index (χ0n) is 15.0. The third-order valence-electron chi connectivity index (χ3n) is 5.11. The molecule has 6 nitrogen and oxygen atoms in total. The third-order valence-corrected chi connectivity index (χ3v) is 7.17. The molecule has 1 aliphatic heterocycles. The second-order valence-electron chi connectivity index (χ2n) is 6.67. The summed E-state index contributed by atoms with van der Waals surface area (Å²) in [5.41, 5.74) is 0.554. The molecule has 1 saturated heterocycles. The van der Waals surface area contributed by atoms with Gasteiger partial charge in [0.15, 0.2) is 0 Å². The zero-order valence-corrected chi connectivity index (χ0v) is 15.8. The lowest BCUT2D eigenvalue weighted by atomic mass is 10.2. The van der Waals surface area contributed by atoms with Gasteiger partial charge in [-0.3, -0.25) is 9.69 Å². The van der Waals surface area contributed by atoms with Crippen molar-refractivity contribution in [2.24, 2.45) is 0 Å². The Balaban J connectivity index is 1.66. The normalized spacial score (nSPS) is 19.4. The molecule has 3 rings (SSSR count). The smallest absolute Gasteiger partial charge is 0.253 e. The minimum atomic E-state index is -3.48. The Morgan fingerprint density at radius 3 is 2.08 bits per heavy atom. The summed E-state index contributed by atoms with van der Waals surface area (Å²) in [6, 6.07) is 7.09. The molecule has 1 aliphatic carbocycles. The van der Waals surface area contributed by atoms with Gasteiger partial charge in [-0.1, -0.05) is 13.8 Å². The molecule has 0 bridgehead atoms. The van der Waals surface area contributed by atoms with Gasteiger partial charge in [-0.25, -0.2) is 8.42 Å². The van der Waals surface area contributed by atoms with E-state index >= 15 is 0 Å². The Morgan fingerprint density at radius 2 is 1.60 bits per heavy atom. The summed E-state index contributed by atoms with van der Waals surface area (Å²) >= 11 is 0. The van der Waals surface area contributed by atoms with Crippen LogP contribution in [0.2, 0.25) is 0 Å². The van der Waals surface area contributed by atoms with E-state index in [9.17, 15) is 13.2 Å². The van der Waals surface area contributed by atoms with E-state index in [1.54, 1.807) is 24.3 Å². The van der Waals surface area contributed by atoms with Crippen LogP contribution in [0.1, 0.15) is 37.0 Å². The van der Waals surface area contributed by atoms with Gasteiger partial charge in [-0.2, -0.15) is 4.31 Å². The van der Waals surface area contributed by atoms with Crippen molar-refractivity contribution in [1.82, 2.24) is 14.1 Å². The summed E-state index contributed by atoms with van der Waals surface area (Å²) in [6.45, 7) is 7.87. The number of hydrogen-bond acceptors (Lipinski definition) is 4. The van der Waals surface area contributed by atoms with E-state index in [1.165, 1.54) is 17.1 Å². The molecule has 25 heavy (non-hydrogen) atoms. The van der Waals surface area contributed by atoms with Gasteiger partial charge >= 0.3 is 0 Å². The maximum Gasteiger partial charge on any atom is 0.253 e. The quantitative estimate of drug-likeness (QED) is 0.769. The van der Waals surface area contributed by atoms with E-state index in [0.717, 1.165) is 32.2 Å². The van der Waals surface area contributed by atoms with Gasteiger partial charge in [0, 0.05) is 50.9 Å². The molecule has 0 N–H and O–H groups in total. The van der Waals surface area contributed by atoms with Crippen molar-refractivity contribution in [3.63, 3.8) is 0 Å². The minimum Gasteiger partial charge on any atom is -0.336 e. The Kier molecular flexibility index (Phi) is 5.46. The molecule has 0 atom stereocenters. The van der Waals surface area contributed by atoms with Crippen molar-refractivity contribution >= 4 is 15.9 Å². The maximum absolute atomic E-state index is 12.6. The van der Waals surface area contributed by atoms with Crippen LogP contribution >= 0.6 is 0 Å². The first-order chi connectivity index (χ1) is 12.0.